The maximum absolute atomic E-state index is 13.2. The van der Waals surface area contributed by atoms with Gasteiger partial charge >= 0.3 is 6.09 Å². The molecule has 3 rings (SSSR count). The van der Waals surface area contributed by atoms with Crippen LogP contribution < -0.4 is 14.4 Å². The molecule has 0 N–H and O–H groups in total. The summed E-state index contributed by atoms with van der Waals surface area (Å²) in [6.07, 6.45) is 4.01. The van der Waals surface area contributed by atoms with Gasteiger partial charge in [-0.2, -0.15) is 0 Å². The van der Waals surface area contributed by atoms with Crippen molar-refractivity contribution in [2.24, 2.45) is 0 Å². The van der Waals surface area contributed by atoms with E-state index in [0.717, 1.165) is 24.6 Å². The summed E-state index contributed by atoms with van der Waals surface area (Å²) in [6.45, 7) is 4.29. The lowest BCUT2D eigenvalue weighted by molar-refractivity contribution is -0.116. The van der Waals surface area contributed by atoms with E-state index in [2.05, 4.69) is 22.5 Å². The molecule has 1 atom stereocenters. The van der Waals surface area contributed by atoms with E-state index in [9.17, 15) is 14.4 Å². The fourth-order valence-corrected chi connectivity index (χ4v) is 4.17. The minimum atomic E-state index is -0.608. The quantitative estimate of drug-likeness (QED) is 0.296. The van der Waals surface area contributed by atoms with Crippen molar-refractivity contribution >= 4 is 39.4 Å². The second kappa shape index (κ2) is 10.7. The van der Waals surface area contributed by atoms with E-state index >= 15 is 0 Å². The molecule has 0 unspecified atom stereocenters. The number of hydrogen-bond donors (Lipinski definition) is 0. The summed E-state index contributed by atoms with van der Waals surface area (Å²) in [7, 11) is 1.50. The van der Waals surface area contributed by atoms with E-state index in [-0.39, 0.29) is 43.4 Å². The number of Topliss-reactive ketones (excluding diaryl/α,β-unsaturated/α-hetero) is 1. The van der Waals surface area contributed by atoms with Crippen LogP contribution in [0, 0.1) is 0 Å². The molecule has 0 bridgehead atoms. The summed E-state index contributed by atoms with van der Waals surface area (Å²) >= 11 is 3.41. The van der Waals surface area contributed by atoms with Crippen LogP contribution in [-0.2, 0) is 9.53 Å². The maximum Gasteiger partial charge on any atom is 0.414 e. The number of fused-ring (bicyclic) bond motifs is 2. The number of carbonyl (C=O) groups excluding carboxylic acids is 3. The summed E-state index contributed by atoms with van der Waals surface area (Å²) in [6, 6.07) is 2.82. The summed E-state index contributed by atoms with van der Waals surface area (Å²) in [4.78, 5) is 41.0. The number of alkyl halides is 1. The van der Waals surface area contributed by atoms with Gasteiger partial charge in [-0.1, -0.05) is 28.6 Å². The van der Waals surface area contributed by atoms with Gasteiger partial charge in [0.05, 0.1) is 44.1 Å². The Morgan fingerprint density at radius 1 is 1.26 bits per heavy atom. The Kier molecular flexibility index (Phi) is 7.95. The SMILES string of the molecule is C=CCOC(=O)N1C[C@@H]2CC(=O)CN2C(=O)c2cc(OC)c(OCCCCCBr)cc21. The Balaban J connectivity index is 1.96. The highest BCUT2D eigenvalue weighted by Crippen LogP contribution is 2.39. The molecule has 9 heteroatoms. The number of ketones is 1. The standard InChI is InChI=1S/C22H27BrN2O6/c1-3-8-31-22(28)25-13-15-10-16(26)14-24(15)21(27)17-11-19(29-2)20(12-18(17)25)30-9-6-4-5-7-23/h3,11-12,15H,1,4-10,13-14H2,2H3/t15-/m0/s1. The van der Waals surface area contributed by atoms with Crippen molar-refractivity contribution in [3.63, 3.8) is 0 Å². The number of ether oxygens (including phenoxy) is 3. The summed E-state index contributed by atoms with van der Waals surface area (Å²) < 4.78 is 16.6. The van der Waals surface area contributed by atoms with Gasteiger partial charge in [-0.05, 0) is 25.3 Å². The molecule has 1 fully saturated rings. The van der Waals surface area contributed by atoms with Crippen LogP contribution in [0.1, 0.15) is 36.0 Å². The predicted molar refractivity (Wildman–Crippen MR) is 119 cm³/mol. The Morgan fingerprint density at radius 2 is 2.06 bits per heavy atom. The maximum atomic E-state index is 13.2. The van der Waals surface area contributed by atoms with E-state index < -0.39 is 12.1 Å². The number of carbonyl (C=O) groups is 3. The third-order valence-electron chi connectivity index (χ3n) is 5.29. The van der Waals surface area contributed by atoms with Crippen LogP contribution in [-0.4, -0.2) is 67.5 Å². The molecule has 2 heterocycles. The Bertz CT molecular complexity index is 859. The number of rotatable bonds is 9. The third kappa shape index (κ3) is 5.20. The fourth-order valence-electron chi connectivity index (χ4n) is 3.77. The number of anilines is 1. The van der Waals surface area contributed by atoms with Crippen LogP contribution in [0.4, 0.5) is 10.5 Å². The van der Waals surface area contributed by atoms with Crippen molar-refractivity contribution in [1.82, 2.24) is 4.90 Å². The fraction of sp³-hybridized carbons (Fsp3) is 0.500. The second-order valence-electron chi connectivity index (χ2n) is 7.42. The van der Waals surface area contributed by atoms with Crippen molar-refractivity contribution in [2.45, 2.75) is 31.7 Å². The highest BCUT2D eigenvalue weighted by atomic mass is 79.9. The molecule has 2 amide bonds. The molecule has 2 aliphatic rings. The van der Waals surface area contributed by atoms with Gasteiger partial charge < -0.3 is 19.1 Å². The van der Waals surface area contributed by atoms with Gasteiger partial charge in [-0.3, -0.25) is 14.5 Å². The molecular weight excluding hydrogens is 468 g/mol. The highest BCUT2D eigenvalue weighted by Gasteiger charge is 2.42. The van der Waals surface area contributed by atoms with Crippen molar-refractivity contribution in [3.8, 4) is 11.5 Å². The molecule has 0 aliphatic carbocycles. The number of nitrogens with zero attached hydrogens (tertiary/aromatic N) is 2. The number of methoxy groups -OCH3 is 1. The average molecular weight is 495 g/mol. The van der Waals surface area contributed by atoms with Gasteiger partial charge in [0.2, 0.25) is 0 Å². The normalized spacial score (nSPS) is 17.7. The van der Waals surface area contributed by atoms with Crippen LogP contribution in [0.25, 0.3) is 0 Å². The number of hydrogen-bond acceptors (Lipinski definition) is 6. The summed E-state index contributed by atoms with van der Waals surface area (Å²) in [5.74, 6) is 0.507. The van der Waals surface area contributed by atoms with Crippen LogP contribution in [0.2, 0.25) is 0 Å². The first kappa shape index (κ1) is 23.1. The van der Waals surface area contributed by atoms with Crippen LogP contribution >= 0.6 is 15.9 Å². The third-order valence-corrected chi connectivity index (χ3v) is 5.85. The zero-order valence-electron chi connectivity index (χ0n) is 17.6. The van der Waals surface area contributed by atoms with E-state index in [4.69, 9.17) is 14.2 Å². The Morgan fingerprint density at radius 3 is 2.77 bits per heavy atom. The molecule has 1 aromatic rings. The average Bonchev–Trinajstić information content (AvgIpc) is 3.10. The van der Waals surface area contributed by atoms with E-state index in [1.807, 2.05) is 0 Å². The molecule has 168 valence electrons. The molecule has 2 aliphatic heterocycles. The monoisotopic (exact) mass is 494 g/mol. The molecule has 8 nitrogen and oxygen atoms in total. The predicted octanol–water partition coefficient (Wildman–Crippen LogP) is 3.57. The summed E-state index contributed by atoms with van der Waals surface area (Å²) in [5, 5.41) is 0.944. The van der Waals surface area contributed by atoms with Crippen molar-refractivity contribution in [2.75, 3.05) is 43.6 Å². The molecule has 1 saturated heterocycles. The van der Waals surface area contributed by atoms with Gasteiger partial charge in [-0.25, -0.2) is 4.79 Å². The molecular formula is C22H27BrN2O6. The highest BCUT2D eigenvalue weighted by molar-refractivity contribution is 9.09. The molecule has 0 aromatic heterocycles. The smallest absolute Gasteiger partial charge is 0.414 e. The minimum Gasteiger partial charge on any atom is -0.493 e. The Hall–Kier alpha value is -2.55. The largest absolute Gasteiger partial charge is 0.493 e. The molecule has 0 saturated carbocycles. The van der Waals surface area contributed by atoms with Gasteiger partial charge in [-0.15, -0.1) is 0 Å². The van der Waals surface area contributed by atoms with Crippen molar-refractivity contribution < 1.29 is 28.6 Å². The van der Waals surface area contributed by atoms with Gasteiger partial charge in [0.25, 0.3) is 5.91 Å². The lowest BCUT2D eigenvalue weighted by Gasteiger charge is -2.25. The first-order chi connectivity index (χ1) is 15.0. The van der Waals surface area contributed by atoms with Crippen LogP contribution in [0.5, 0.6) is 11.5 Å². The number of unbranched alkanes of at least 4 members (excludes halogenated alkanes) is 2. The van der Waals surface area contributed by atoms with Crippen molar-refractivity contribution in [3.05, 3.63) is 30.4 Å². The molecule has 1 aromatic carbocycles. The van der Waals surface area contributed by atoms with E-state index in [1.54, 1.807) is 12.1 Å². The van der Waals surface area contributed by atoms with Gasteiger partial charge in [0, 0.05) is 17.8 Å². The van der Waals surface area contributed by atoms with Gasteiger partial charge in [0.1, 0.15) is 6.61 Å². The van der Waals surface area contributed by atoms with Crippen LogP contribution in [0.15, 0.2) is 24.8 Å². The number of benzene rings is 1. The topological polar surface area (TPSA) is 85.4 Å². The van der Waals surface area contributed by atoms with Gasteiger partial charge in [0.15, 0.2) is 17.3 Å². The van der Waals surface area contributed by atoms with Crippen molar-refractivity contribution in [1.29, 1.82) is 0 Å². The zero-order chi connectivity index (χ0) is 22.4. The van der Waals surface area contributed by atoms with E-state index in [1.165, 1.54) is 23.0 Å². The zero-order valence-corrected chi connectivity index (χ0v) is 19.2. The second-order valence-corrected chi connectivity index (χ2v) is 8.22. The first-order valence-electron chi connectivity index (χ1n) is 10.3. The Labute approximate surface area is 190 Å². The lowest BCUT2D eigenvalue weighted by atomic mass is 10.1. The lowest BCUT2D eigenvalue weighted by Crippen LogP contribution is -2.42. The minimum absolute atomic E-state index is 0.0309. The van der Waals surface area contributed by atoms with E-state index in [0.29, 0.717) is 23.8 Å². The van der Waals surface area contributed by atoms with Crippen LogP contribution in [0.3, 0.4) is 0 Å². The molecule has 0 radical (unpaired) electrons. The number of amides is 2. The first-order valence-corrected chi connectivity index (χ1v) is 11.4. The number of halogens is 1. The molecule has 0 spiro atoms. The molecule has 31 heavy (non-hydrogen) atoms. The summed E-state index contributed by atoms with van der Waals surface area (Å²) in [5.41, 5.74) is 0.661.